The largest absolute Gasteiger partial charge is 0.394 e. The molecule has 0 spiro atoms. The second kappa shape index (κ2) is 48.0. The summed E-state index contributed by atoms with van der Waals surface area (Å²) >= 11 is 0. The fraction of sp³-hybridized carbons (Fsp3) is 0.853. The van der Waals surface area contributed by atoms with E-state index in [0.29, 0.717) is 43.6 Å². The Kier molecular flexibility index (Phi) is 40.0. The van der Waals surface area contributed by atoms with E-state index in [1.165, 1.54) is 11.8 Å². The predicted molar refractivity (Wildman–Crippen MR) is 373 cm³/mol. The Labute approximate surface area is 653 Å². The molecule has 0 aromatic carbocycles. The van der Waals surface area contributed by atoms with Gasteiger partial charge in [-0.3, -0.25) is 48.1 Å². The second-order valence-corrected chi connectivity index (χ2v) is 28.4. The third-order valence-electron chi connectivity index (χ3n) is 19.5. The van der Waals surface area contributed by atoms with Crippen LogP contribution in [0.2, 0.25) is 0 Å². The topological polar surface area (TPSA) is 676 Å². The lowest BCUT2D eigenvalue weighted by atomic mass is 9.96. The summed E-state index contributed by atoms with van der Waals surface area (Å²) in [6.45, 7) is -4.45. The zero-order chi connectivity index (χ0) is 83.3. The molecule has 114 heavy (non-hydrogen) atoms. The van der Waals surface area contributed by atoms with Crippen molar-refractivity contribution < 1.29 is 181 Å². The van der Waals surface area contributed by atoms with Crippen molar-refractivity contribution in [2.24, 2.45) is 0 Å². The molecule has 26 atom stereocenters. The molecule has 0 aromatic rings. The minimum absolute atomic E-state index is 0.00427. The van der Waals surface area contributed by atoms with Gasteiger partial charge in [-0.1, -0.05) is 19.3 Å². The van der Waals surface area contributed by atoms with Crippen LogP contribution in [-0.2, 0) is 105 Å². The molecule has 7 saturated heterocycles. The predicted octanol–water partition coefficient (Wildman–Crippen LogP) is -12.3. The summed E-state index contributed by atoms with van der Waals surface area (Å²) in [6, 6.07) is -1.40. The van der Waals surface area contributed by atoms with E-state index in [1.54, 1.807) is 0 Å². The normalized spacial score (nSPS) is 36.9. The van der Waals surface area contributed by atoms with Crippen molar-refractivity contribution in [3.8, 4) is 0 Å². The van der Waals surface area contributed by atoms with E-state index in [1.807, 2.05) is 0 Å². The molecule has 0 aliphatic carbocycles. The highest BCUT2D eigenvalue weighted by Crippen LogP contribution is 2.34. The maximum absolute atomic E-state index is 14.0. The maximum atomic E-state index is 14.0. The molecule has 0 unspecified atom stereocenters. The number of aliphatic hydroxyl groups is 15. The van der Waals surface area contributed by atoms with Crippen LogP contribution in [0.3, 0.4) is 0 Å². The average Bonchev–Trinajstić information content (AvgIpc) is 0.804. The monoisotopic (exact) mass is 1650 g/mol. The number of imide groups is 1. The van der Waals surface area contributed by atoms with Crippen LogP contribution in [0.25, 0.3) is 0 Å². The number of hydrogen-bond acceptors (Lipinski definition) is 38. The third kappa shape index (κ3) is 28.8. The molecule has 6 bridgehead atoms. The Morgan fingerprint density at radius 2 is 0.974 bits per heavy atom. The first-order valence-corrected chi connectivity index (χ1v) is 38.2. The van der Waals surface area contributed by atoms with Gasteiger partial charge in [0.15, 0.2) is 37.7 Å². The molecule has 7 aliphatic rings. The maximum Gasteiger partial charge on any atom is 0.333 e. The molecule has 46 heteroatoms. The van der Waals surface area contributed by atoms with Gasteiger partial charge in [0.2, 0.25) is 41.4 Å². The van der Waals surface area contributed by atoms with Gasteiger partial charge < -0.3 is 171 Å². The minimum Gasteiger partial charge on any atom is -0.394 e. The first-order chi connectivity index (χ1) is 54.4. The van der Waals surface area contributed by atoms with E-state index in [4.69, 9.17) is 56.9 Å². The quantitative estimate of drug-likeness (QED) is 0.0375. The minimum atomic E-state index is -2.20. The average molecular weight is 1650 g/mol. The number of rotatable bonds is 21. The first-order valence-electron chi connectivity index (χ1n) is 38.2. The van der Waals surface area contributed by atoms with Crippen LogP contribution in [0, 0.1) is 0 Å². The molecule has 7 fully saturated rings. The van der Waals surface area contributed by atoms with Gasteiger partial charge >= 0.3 is 5.97 Å². The highest BCUT2D eigenvalue weighted by molar-refractivity contribution is 6.01. The number of hydrogen-bond donors (Lipinski definition) is 22. The molecule has 652 valence electrons. The number of hydroxylamine groups is 2. The zero-order valence-electron chi connectivity index (χ0n) is 63.0. The molecule has 0 aromatic heterocycles. The van der Waals surface area contributed by atoms with Crippen LogP contribution >= 0.6 is 0 Å². The lowest BCUT2D eigenvalue weighted by Gasteiger charge is -2.48. The Bertz CT molecular complexity index is 3030. The molecule has 22 N–H and O–H groups in total. The summed E-state index contributed by atoms with van der Waals surface area (Å²) in [5.74, 6) is -6.55. The number of unbranched alkanes of at least 4 members (excludes halogenated alkanes) is 2. The van der Waals surface area contributed by atoms with Crippen molar-refractivity contribution >= 4 is 59.1 Å². The summed E-state index contributed by atoms with van der Waals surface area (Å²) in [5, 5.41) is 181. The number of aliphatic hydroxyl groups excluding tert-OH is 15. The molecule has 0 radical (unpaired) electrons. The summed E-state index contributed by atoms with van der Waals surface area (Å²) < 4.78 is 62.4. The van der Waals surface area contributed by atoms with E-state index in [-0.39, 0.29) is 110 Å². The van der Waals surface area contributed by atoms with Gasteiger partial charge in [-0.15, -0.1) is 5.06 Å². The van der Waals surface area contributed by atoms with Crippen molar-refractivity contribution in [3.05, 3.63) is 0 Å². The van der Waals surface area contributed by atoms with Gasteiger partial charge in [-0.05, 0) is 51.9 Å². The van der Waals surface area contributed by atoms with Gasteiger partial charge in [0.05, 0.1) is 65.4 Å². The first kappa shape index (κ1) is 95.0. The van der Waals surface area contributed by atoms with E-state index >= 15 is 0 Å². The van der Waals surface area contributed by atoms with Crippen molar-refractivity contribution in [1.82, 2.24) is 47.2 Å². The summed E-state index contributed by atoms with van der Waals surface area (Å²) in [4.78, 5) is 136. The highest BCUT2D eigenvalue weighted by atomic mass is 16.8. The number of nitrogens with zero attached hydrogens (tertiary/aromatic N) is 2. The van der Waals surface area contributed by atoms with E-state index in [2.05, 4.69) is 37.2 Å². The van der Waals surface area contributed by atoms with E-state index < -0.39 is 272 Å². The number of fused-ring (bicyclic) bond motifs is 6. The van der Waals surface area contributed by atoms with Crippen molar-refractivity contribution in [2.45, 2.75) is 269 Å². The molecule has 7 heterocycles. The number of nitrogens with one attached hydrogen (secondary N) is 7. The zero-order valence-corrected chi connectivity index (χ0v) is 63.0. The molecule has 9 amide bonds. The lowest BCUT2D eigenvalue weighted by molar-refractivity contribution is -0.394. The van der Waals surface area contributed by atoms with Gasteiger partial charge in [0.25, 0.3) is 11.8 Å². The van der Waals surface area contributed by atoms with Crippen molar-refractivity contribution in [1.29, 1.82) is 0 Å². The van der Waals surface area contributed by atoms with E-state index in [9.17, 15) is 125 Å². The van der Waals surface area contributed by atoms with Gasteiger partial charge in [0, 0.05) is 77.8 Å². The Morgan fingerprint density at radius 3 is 1.61 bits per heavy atom. The van der Waals surface area contributed by atoms with Gasteiger partial charge in [-0.2, -0.15) is 0 Å². The third-order valence-corrected chi connectivity index (χ3v) is 19.5. The fourth-order valence-electron chi connectivity index (χ4n) is 13.0. The summed E-state index contributed by atoms with van der Waals surface area (Å²) in [7, 11) is 0. The number of ether oxygens (including phenoxy) is 11. The van der Waals surface area contributed by atoms with Crippen molar-refractivity contribution in [3.63, 3.8) is 0 Å². The molecule has 7 rings (SSSR count). The molecular weight excluding hydrogens is 1530 g/mol. The fourth-order valence-corrected chi connectivity index (χ4v) is 13.0. The standard InChI is InChI=1S/C68H113N9O37/c1-33-47(89)51(93)54(96)63(107-33)103-24-23-73-40(82)15-14-34-62(102)74-20-10-3-6-12-39(81)71-21-25-104-64-56(98)53(95)57(99)67(113-64)111-60-49(91)36(31-79)109-68(59(60)101)112-61-50(92)37(32-106-65-55(97)52(94)48(90)35(30-78)108-65)110-66(58(61)100)105-26-22-72-38(80)11-5-2-8-18-69-41(83)27-76(29-43(85)75-34)28-42(84)70-19-9-4-7-13-46(88)114-77-44(86)16-17-45(77)87/h33-37,47-61,63-68,78-79,89-101H,2-32H2,1H3,(H,69,83)(H,70,84)(H,71,81)(H,72,80)(H,73,82)(H,74,102)(H,75,85)/t33-,34-,35+,36+,37+,47+,48+,49+,50+,51+,52-,53-,54-,55-,56-,57-,58-,59-,60-,61-,63+,64+,65-,66-,67+,68+/m0/s1. The number of carbonyl (C=O) groups excluding carboxylic acids is 10. The molecule has 0 saturated carbocycles. The highest BCUT2D eigenvalue weighted by Gasteiger charge is 2.55. The van der Waals surface area contributed by atoms with Crippen LogP contribution in [-0.4, -0.2) is 404 Å². The van der Waals surface area contributed by atoms with Crippen LogP contribution in [0.15, 0.2) is 0 Å². The summed E-state index contributed by atoms with van der Waals surface area (Å²) in [6.07, 6.45) is -43.4. The van der Waals surface area contributed by atoms with Crippen LogP contribution in [0.5, 0.6) is 0 Å². The van der Waals surface area contributed by atoms with Gasteiger partial charge in [0.1, 0.15) is 116 Å². The molecule has 7 aliphatic heterocycles. The molecular formula is C68H113N9O37. The Morgan fingerprint density at radius 1 is 0.456 bits per heavy atom. The SMILES string of the molecule is C[C@@H]1O[C@@H](OCCNC(=O)CC[C@@H]2NC(=O)CN(CC(=O)NCCCCCC(=O)ON3C(=O)CCC3=O)CC(=O)NCCCCCC(=O)NCCO[C@H]3O[C@H](CO[C@H]4O[C@H](CO)[C@@H](O)[C@H](O)[C@@H]4O)[C@@H](O)[C@H](O[C@H]4O[C@H](CO)[C@@H](O)[C@H](O[C@@H]5O[C@@H](OCCNC(=O)CCCCCNC2=O)[C@@H](O)[C@H](O)[C@@H]5O)[C@@H]4O)[C@@H]3O)[C@@H](O)[C@H](O)[C@@H]1O. The Hall–Kier alpha value is -6.18. The number of carbonyl (C=O) groups is 10. The van der Waals surface area contributed by atoms with Gasteiger partial charge in [-0.25, -0.2) is 4.79 Å². The number of amides is 9. The lowest BCUT2D eigenvalue weighted by Crippen LogP contribution is -2.67. The summed E-state index contributed by atoms with van der Waals surface area (Å²) in [5.41, 5.74) is 0. The van der Waals surface area contributed by atoms with E-state index in [0.717, 1.165) is 0 Å². The van der Waals surface area contributed by atoms with Crippen LogP contribution in [0.1, 0.15) is 110 Å². The Balaban J connectivity index is 1.02. The van der Waals surface area contributed by atoms with Crippen LogP contribution in [0.4, 0.5) is 0 Å². The van der Waals surface area contributed by atoms with Crippen LogP contribution < -0.4 is 37.2 Å². The smallest absolute Gasteiger partial charge is 0.333 e. The van der Waals surface area contributed by atoms with Crippen molar-refractivity contribution in [2.75, 3.05) is 98.5 Å². The second-order valence-electron chi connectivity index (χ2n) is 28.4. The molecule has 46 nitrogen and oxygen atoms in total.